The lowest BCUT2D eigenvalue weighted by Crippen LogP contribution is -2.14. The standard InChI is InChI=1S/C12H10N2O4S/c15-11(16)6-18-9-4-2-1-3-8(9)14-12(17)10-5-13-7-19-10/h1-5,7H,6H2,(H,14,17)(H,15,16). The molecule has 0 fully saturated rings. The monoisotopic (exact) mass is 278 g/mol. The number of nitrogens with zero attached hydrogens (tertiary/aromatic N) is 1. The van der Waals surface area contributed by atoms with Crippen molar-refractivity contribution in [2.45, 2.75) is 0 Å². The second-order valence-electron chi connectivity index (χ2n) is 3.50. The fourth-order valence-electron chi connectivity index (χ4n) is 1.35. The highest BCUT2D eigenvalue weighted by Gasteiger charge is 2.11. The number of aromatic nitrogens is 1. The largest absolute Gasteiger partial charge is 0.480 e. The molecular formula is C12H10N2O4S. The number of nitrogens with one attached hydrogen (secondary N) is 1. The third-order valence-corrected chi connectivity index (χ3v) is 2.91. The Morgan fingerprint density at radius 3 is 2.84 bits per heavy atom. The van der Waals surface area contributed by atoms with Crippen molar-refractivity contribution < 1.29 is 19.4 Å². The lowest BCUT2D eigenvalue weighted by molar-refractivity contribution is -0.139. The normalized spacial score (nSPS) is 9.89. The van der Waals surface area contributed by atoms with Gasteiger partial charge in [-0.1, -0.05) is 12.1 Å². The lowest BCUT2D eigenvalue weighted by atomic mass is 10.3. The number of ether oxygens (including phenoxy) is 1. The average Bonchev–Trinajstić information content (AvgIpc) is 2.91. The molecule has 0 saturated carbocycles. The van der Waals surface area contributed by atoms with Crippen molar-refractivity contribution in [1.29, 1.82) is 0 Å². The number of para-hydroxylation sites is 2. The van der Waals surface area contributed by atoms with Crippen LogP contribution in [0.3, 0.4) is 0 Å². The van der Waals surface area contributed by atoms with Gasteiger partial charge in [0, 0.05) is 0 Å². The molecule has 1 amide bonds. The second kappa shape index (κ2) is 5.96. The number of benzene rings is 1. The Morgan fingerprint density at radius 2 is 2.16 bits per heavy atom. The fourth-order valence-corrected chi connectivity index (χ4v) is 1.86. The summed E-state index contributed by atoms with van der Waals surface area (Å²) in [5.41, 5.74) is 1.98. The van der Waals surface area contributed by atoms with Crippen LogP contribution < -0.4 is 10.1 Å². The molecule has 6 nitrogen and oxygen atoms in total. The van der Waals surface area contributed by atoms with Crippen LogP contribution >= 0.6 is 11.3 Å². The van der Waals surface area contributed by atoms with E-state index in [0.717, 1.165) is 0 Å². The predicted octanol–water partition coefficient (Wildman–Crippen LogP) is 1.86. The van der Waals surface area contributed by atoms with Gasteiger partial charge in [0.1, 0.15) is 10.6 Å². The van der Waals surface area contributed by atoms with E-state index in [0.29, 0.717) is 16.3 Å². The van der Waals surface area contributed by atoms with Crippen molar-refractivity contribution >= 4 is 28.9 Å². The number of carbonyl (C=O) groups excluding carboxylic acids is 1. The zero-order chi connectivity index (χ0) is 13.7. The second-order valence-corrected chi connectivity index (χ2v) is 4.38. The highest BCUT2D eigenvalue weighted by Crippen LogP contribution is 2.24. The molecule has 0 bridgehead atoms. The Balaban J connectivity index is 2.11. The van der Waals surface area contributed by atoms with Crippen molar-refractivity contribution in [3.8, 4) is 5.75 Å². The first kappa shape index (κ1) is 13.0. The van der Waals surface area contributed by atoms with Gasteiger partial charge in [-0.25, -0.2) is 4.79 Å². The fraction of sp³-hybridized carbons (Fsp3) is 0.0833. The van der Waals surface area contributed by atoms with Gasteiger partial charge in [0.25, 0.3) is 5.91 Å². The first-order chi connectivity index (χ1) is 9.16. The number of carboxylic acid groups (broad SMARTS) is 1. The molecule has 1 heterocycles. The molecule has 7 heteroatoms. The molecular weight excluding hydrogens is 268 g/mol. The molecule has 0 aliphatic rings. The number of hydrogen-bond acceptors (Lipinski definition) is 5. The van der Waals surface area contributed by atoms with E-state index in [9.17, 15) is 9.59 Å². The molecule has 0 saturated heterocycles. The molecule has 1 aromatic carbocycles. The van der Waals surface area contributed by atoms with E-state index in [1.807, 2.05) is 0 Å². The number of thiazole rings is 1. The van der Waals surface area contributed by atoms with Crippen molar-refractivity contribution in [2.24, 2.45) is 0 Å². The Kier molecular flexibility index (Phi) is 4.09. The first-order valence-corrected chi connectivity index (χ1v) is 6.18. The molecule has 0 atom stereocenters. The summed E-state index contributed by atoms with van der Waals surface area (Å²) in [6, 6.07) is 6.64. The summed E-state index contributed by atoms with van der Waals surface area (Å²) in [4.78, 5) is 26.6. The molecule has 0 unspecified atom stereocenters. The maximum absolute atomic E-state index is 11.9. The number of anilines is 1. The zero-order valence-corrected chi connectivity index (χ0v) is 10.5. The van der Waals surface area contributed by atoms with E-state index < -0.39 is 12.6 Å². The van der Waals surface area contributed by atoms with Crippen LogP contribution in [0.5, 0.6) is 5.75 Å². The molecule has 0 aliphatic heterocycles. The van der Waals surface area contributed by atoms with Crippen LogP contribution in [0.25, 0.3) is 0 Å². The van der Waals surface area contributed by atoms with E-state index in [2.05, 4.69) is 10.3 Å². The van der Waals surface area contributed by atoms with E-state index >= 15 is 0 Å². The highest BCUT2D eigenvalue weighted by atomic mass is 32.1. The third kappa shape index (κ3) is 3.52. The number of carboxylic acids is 1. The summed E-state index contributed by atoms with van der Waals surface area (Å²) in [7, 11) is 0. The first-order valence-electron chi connectivity index (χ1n) is 5.30. The Hall–Kier alpha value is -2.41. The molecule has 19 heavy (non-hydrogen) atoms. The zero-order valence-electron chi connectivity index (χ0n) is 9.70. The van der Waals surface area contributed by atoms with Crippen LogP contribution in [0.4, 0.5) is 5.69 Å². The van der Waals surface area contributed by atoms with Crippen LogP contribution in [-0.2, 0) is 4.79 Å². The maximum Gasteiger partial charge on any atom is 0.341 e. The van der Waals surface area contributed by atoms with Gasteiger partial charge in [-0.05, 0) is 12.1 Å². The quantitative estimate of drug-likeness (QED) is 0.871. The van der Waals surface area contributed by atoms with Crippen molar-refractivity contribution in [1.82, 2.24) is 4.98 Å². The summed E-state index contributed by atoms with van der Waals surface area (Å²) in [5.74, 6) is -1.08. The number of carbonyl (C=O) groups is 2. The minimum Gasteiger partial charge on any atom is -0.480 e. The summed E-state index contributed by atoms with van der Waals surface area (Å²) in [6.07, 6.45) is 1.46. The lowest BCUT2D eigenvalue weighted by Gasteiger charge is -2.10. The van der Waals surface area contributed by atoms with Crippen molar-refractivity contribution in [3.63, 3.8) is 0 Å². The van der Waals surface area contributed by atoms with Crippen LogP contribution in [0, 0.1) is 0 Å². The van der Waals surface area contributed by atoms with Gasteiger partial charge in [-0.2, -0.15) is 0 Å². The van der Waals surface area contributed by atoms with Gasteiger partial charge in [0.05, 0.1) is 17.4 Å². The molecule has 0 radical (unpaired) electrons. The van der Waals surface area contributed by atoms with Gasteiger partial charge >= 0.3 is 5.97 Å². The van der Waals surface area contributed by atoms with Gasteiger partial charge in [-0.3, -0.25) is 9.78 Å². The molecule has 0 aliphatic carbocycles. The third-order valence-electron chi connectivity index (χ3n) is 2.14. The minimum atomic E-state index is -1.08. The average molecular weight is 278 g/mol. The topological polar surface area (TPSA) is 88.5 Å². The van der Waals surface area contributed by atoms with Crippen molar-refractivity contribution in [3.05, 3.63) is 40.8 Å². The predicted molar refractivity (Wildman–Crippen MR) is 69.6 cm³/mol. The van der Waals surface area contributed by atoms with E-state index in [1.165, 1.54) is 17.5 Å². The Bertz CT molecular complexity index is 583. The van der Waals surface area contributed by atoms with E-state index in [4.69, 9.17) is 9.84 Å². The number of aliphatic carboxylic acids is 1. The molecule has 98 valence electrons. The molecule has 2 aromatic rings. The molecule has 1 aromatic heterocycles. The number of rotatable bonds is 5. The smallest absolute Gasteiger partial charge is 0.341 e. The van der Waals surface area contributed by atoms with Gasteiger partial charge in [0.2, 0.25) is 0 Å². The van der Waals surface area contributed by atoms with Crippen LogP contribution in [0.15, 0.2) is 36.0 Å². The Morgan fingerprint density at radius 1 is 1.37 bits per heavy atom. The summed E-state index contributed by atoms with van der Waals surface area (Å²) >= 11 is 1.22. The summed E-state index contributed by atoms with van der Waals surface area (Å²) in [5, 5.41) is 11.2. The molecule has 0 spiro atoms. The molecule has 2 N–H and O–H groups in total. The maximum atomic E-state index is 11.9. The van der Waals surface area contributed by atoms with Gasteiger partial charge in [0.15, 0.2) is 6.61 Å². The van der Waals surface area contributed by atoms with Gasteiger partial charge < -0.3 is 15.2 Å². The van der Waals surface area contributed by atoms with E-state index in [-0.39, 0.29) is 5.91 Å². The van der Waals surface area contributed by atoms with Crippen molar-refractivity contribution in [2.75, 3.05) is 11.9 Å². The van der Waals surface area contributed by atoms with Gasteiger partial charge in [-0.15, -0.1) is 11.3 Å². The SMILES string of the molecule is O=C(O)COc1ccccc1NC(=O)c1cncs1. The van der Waals surface area contributed by atoms with E-state index in [1.54, 1.807) is 29.8 Å². The highest BCUT2D eigenvalue weighted by molar-refractivity contribution is 7.11. The molecule has 2 rings (SSSR count). The van der Waals surface area contributed by atoms with Crippen LogP contribution in [-0.4, -0.2) is 28.6 Å². The van der Waals surface area contributed by atoms with Crippen LogP contribution in [0.2, 0.25) is 0 Å². The summed E-state index contributed by atoms with van der Waals surface area (Å²) < 4.78 is 5.09. The minimum absolute atomic E-state index is 0.308. The summed E-state index contributed by atoms with van der Waals surface area (Å²) in [6.45, 7) is -0.465. The van der Waals surface area contributed by atoms with Crippen LogP contribution in [0.1, 0.15) is 9.67 Å². The number of hydrogen-bond donors (Lipinski definition) is 2. The number of amides is 1. The Labute approximate surface area is 112 Å².